The highest BCUT2D eigenvalue weighted by Gasteiger charge is 2.19. The van der Waals surface area contributed by atoms with Gasteiger partial charge in [-0.3, -0.25) is 14.4 Å². The summed E-state index contributed by atoms with van der Waals surface area (Å²) in [5.41, 5.74) is 0. The van der Waals surface area contributed by atoms with E-state index in [2.05, 4.69) is 69.4 Å². The number of ether oxygens (including phenoxy) is 3. The molecule has 0 aromatic carbocycles. The van der Waals surface area contributed by atoms with Crippen LogP contribution in [0, 0.1) is 0 Å². The van der Waals surface area contributed by atoms with E-state index in [0.29, 0.717) is 19.3 Å². The molecule has 0 bridgehead atoms. The average molecular weight is 982 g/mol. The molecule has 6 nitrogen and oxygen atoms in total. The van der Waals surface area contributed by atoms with E-state index in [0.717, 1.165) is 83.5 Å². The van der Waals surface area contributed by atoms with Gasteiger partial charge in [-0.05, 0) is 77.0 Å². The first-order valence-corrected chi connectivity index (χ1v) is 30.6. The van der Waals surface area contributed by atoms with Crippen molar-refractivity contribution < 1.29 is 28.6 Å². The maximum absolute atomic E-state index is 12.7. The van der Waals surface area contributed by atoms with E-state index in [1.54, 1.807) is 0 Å². The van der Waals surface area contributed by atoms with Crippen molar-refractivity contribution in [1.82, 2.24) is 0 Å². The van der Waals surface area contributed by atoms with Gasteiger partial charge in [-0.1, -0.05) is 275 Å². The summed E-state index contributed by atoms with van der Waals surface area (Å²) in [5, 5.41) is 0. The summed E-state index contributed by atoms with van der Waals surface area (Å²) in [7, 11) is 0. The van der Waals surface area contributed by atoms with Crippen LogP contribution < -0.4 is 0 Å². The van der Waals surface area contributed by atoms with Crippen molar-refractivity contribution in [3.05, 3.63) is 48.6 Å². The third-order valence-electron chi connectivity index (χ3n) is 13.6. The molecule has 0 N–H and O–H groups in total. The number of esters is 3. The SMILES string of the molecule is CC/C=C\C/C=C\C/C=C\CCCCCC(=O)OC(COC(=O)CCCCCCCC)COC(=O)CCCCCCCCCCCCCCCCCCCCCCC/C=C\CCCCCCCCCC. The van der Waals surface area contributed by atoms with Crippen LogP contribution in [0.5, 0.6) is 0 Å². The standard InChI is InChI=1S/C64H116O6/c1-4-7-10-13-16-18-20-22-23-24-25-26-27-28-29-30-31-32-33-34-35-36-37-38-39-40-41-43-44-46-48-51-54-57-63(66)69-60-61(59-68-62(65)56-53-50-15-12-9-6-3)70-64(67)58-55-52-49-47-45-42-21-19-17-14-11-8-5-2/h8,11,17,19,24-25,42,45,61H,4-7,9-10,12-16,18,20-23,26-41,43-44,46-60H2,1-3H3/b11-8-,19-17-,25-24-,45-42-. The summed E-state index contributed by atoms with van der Waals surface area (Å²) in [5.74, 6) is -0.910. The van der Waals surface area contributed by atoms with E-state index in [1.165, 1.54) is 199 Å². The van der Waals surface area contributed by atoms with Gasteiger partial charge in [0.2, 0.25) is 0 Å². The van der Waals surface area contributed by atoms with Crippen LogP contribution in [0.1, 0.15) is 323 Å². The van der Waals surface area contributed by atoms with Gasteiger partial charge in [-0.15, -0.1) is 0 Å². The molecule has 0 radical (unpaired) electrons. The minimum atomic E-state index is -0.782. The van der Waals surface area contributed by atoms with Crippen LogP contribution in [-0.4, -0.2) is 37.2 Å². The minimum Gasteiger partial charge on any atom is -0.462 e. The topological polar surface area (TPSA) is 78.9 Å². The minimum absolute atomic E-state index is 0.0820. The normalized spacial score (nSPS) is 12.3. The lowest BCUT2D eigenvalue weighted by atomic mass is 10.0. The van der Waals surface area contributed by atoms with E-state index in [9.17, 15) is 14.4 Å². The molecule has 0 saturated heterocycles. The lowest BCUT2D eigenvalue weighted by Crippen LogP contribution is -2.30. The van der Waals surface area contributed by atoms with Crippen molar-refractivity contribution in [3.63, 3.8) is 0 Å². The Bertz CT molecular complexity index is 1220. The second-order valence-corrected chi connectivity index (χ2v) is 20.6. The predicted octanol–water partition coefficient (Wildman–Crippen LogP) is 20.6. The van der Waals surface area contributed by atoms with Gasteiger partial charge in [0.15, 0.2) is 6.10 Å². The predicted molar refractivity (Wildman–Crippen MR) is 302 cm³/mol. The van der Waals surface area contributed by atoms with Crippen molar-refractivity contribution in [2.45, 2.75) is 329 Å². The summed E-state index contributed by atoms with van der Waals surface area (Å²) in [6, 6.07) is 0. The fraction of sp³-hybridized carbons (Fsp3) is 0.828. The molecule has 6 heteroatoms. The molecule has 0 fully saturated rings. The first-order chi connectivity index (χ1) is 34.5. The van der Waals surface area contributed by atoms with Gasteiger partial charge in [0.05, 0.1) is 0 Å². The fourth-order valence-corrected chi connectivity index (χ4v) is 8.98. The third kappa shape index (κ3) is 56.3. The highest BCUT2D eigenvalue weighted by Crippen LogP contribution is 2.17. The van der Waals surface area contributed by atoms with E-state index in [1.807, 2.05) is 0 Å². The Hall–Kier alpha value is -2.63. The van der Waals surface area contributed by atoms with Gasteiger partial charge in [0, 0.05) is 19.3 Å². The smallest absolute Gasteiger partial charge is 0.306 e. The van der Waals surface area contributed by atoms with Gasteiger partial charge < -0.3 is 14.2 Å². The van der Waals surface area contributed by atoms with Gasteiger partial charge in [0.25, 0.3) is 0 Å². The molecular weight excluding hydrogens is 865 g/mol. The zero-order chi connectivity index (χ0) is 50.7. The molecule has 408 valence electrons. The summed E-state index contributed by atoms with van der Waals surface area (Å²) in [4.78, 5) is 37.8. The molecule has 70 heavy (non-hydrogen) atoms. The molecule has 0 amide bonds. The molecule has 0 aliphatic carbocycles. The number of carbonyl (C=O) groups is 3. The maximum atomic E-state index is 12.7. The van der Waals surface area contributed by atoms with Gasteiger partial charge >= 0.3 is 17.9 Å². The second-order valence-electron chi connectivity index (χ2n) is 20.6. The highest BCUT2D eigenvalue weighted by atomic mass is 16.6. The zero-order valence-electron chi connectivity index (χ0n) is 46.8. The summed E-state index contributed by atoms with van der Waals surface area (Å²) < 4.78 is 16.7. The number of hydrogen-bond donors (Lipinski definition) is 0. The monoisotopic (exact) mass is 981 g/mol. The molecule has 0 aromatic heterocycles. The number of rotatable bonds is 56. The first kappa shape index (κ1) is 67.4. The lowest BCUT2D eigenvalue weighted by Gasteiger charge is -2.18. The van der Waals surface area contributed by atoms with Crippen LogP contribution in [0.15, 0.2) is 48.6 Å². The molecule has 0 saturated carbocycles. The van der Waals surface area contributed by atoms with Crippen molar-refractivity contribution >= 4 is 17.9 Å². The van der Waals surface area contributed by atoms with Crippen molar-refractivity contribution in [1.29, 1.82) is 0 Å². The van der Waals surface area contributed by atoms with Crippen molar-refractivity contribution in [2.75, 3.05) is 13.2 Å². The van der Waals surface area contributed by atoms with Gasteiger partial charge in [0.1, 0.15) is 13.2 Å². The van der Waals surface area contributed by atoms with Crippen LogP contribution in [0.3, 0.4) is 0 Å². The summed E-state index contributed by atoms with van der Waals surface area (Å²) in [6.45, 7) is 6.47. The van der Waals surface area contributed by atoms with Crippen molar-refractivity contribution in [2.24, 2.45) is 0 Å². The van der Waals surface area contributed by atoms with E-state index >= 15 is 0 Å². The number of unbranched alkanes of at least 4 members (excludes halogenated alkanes) is 37. The fourth-order valence-electron chi connectivity index (χ4n) is 8.98. The molecule has 0 aliphatic rings. The Labute approximate surface area is 435 Å². The van der Waals surface area contributed by atoms with Crippen LogP contribution >= 0.6 is 0 Å². The summed E-state index contributed by atoms with van der Waals surface area (Å²) in [6.07, 6.45) is 73.3. The maximum Gasteiger partial charge on any atom is 0.306 e. The van der Waals surface area contributed by atoms with E-state index in [4.69, 9.17) is 14.2 Å². The van der Waals surface area contributed by atoms with Gasteiger partial charge in [-0.25, -0.2) is 0 Å². The first-order valence-electron chi connectivity index (χ1n) is 30.6. The molecule has 0 rings (SSSR count). The van der Waals surface area contributed by atoms with Crippen LogP contribution in [0.4, 0.5) is 0 Å². The number of hydrogen-bond acceptors (Lipinski definition) is 6. The molecule has 0 aliphatic heterocycles. The Kier molecular flexibility index (Phi) is 56.7. The third-order valence-corrected chi connectivity index (χ3v) is 13.6. The molecular formula is C64H116O6. The van der Waals surface area contributed by atoms with E-state index in [-0.39, 0.29) is 31.1 Å². The molecule has 1 atom stereocenters. The molecule has 1 unspecified atom stereocenters. The highest BCUT2D eigenvalue weighted by molar-refractivity contribution is 5.71. The molecule has 0 heterocycles. The van der Waals surface area contributed by atoms with Crippen LogP contribution in [0.2, 0.25) is 0 Å². The van der Waals surface area contributed by atoms with Crippen molar-refractivity contribution in [3.8, 4) is 0 Å². The average Bonchev–Trinajstić information content (AvgIpc) is 3.36. The van der Waals surface area contributed by atoms with Crippen LogP contribution in [-0.2, 0) is 28.6 Å². The van der Waals surface area contributed by atoms with E-state index < -0.39 is 6.10 Å². The zero-order valence-corrected chi connectivity index (χ0v) is 46.8. The van der Waals surface area contributed by atoms with Crippen LogP contribution in [0.25, 0.3) is 0 Å². The Balaban J connectivity index is 3.91. The Morgan fingerprint density at radius 2 is 0.557 bits per heavy atom. The Morgan fingerprint density at radius 1 is 0.300 bits per heavy atom. The number of allylic oxidation sites excluding steroid dienone is 8. The Morgan fingerprint density at radius 3 is 0.900 bits per heavy atom. The second kappa shape index (κ2) is 58.9. The summed E-state index contributed by atoms with van der Waals surface area (Å²) >= 11 is 0. The molecule has 0 aromatic rings. The number of carbonyl (C=O) groups excluding carboxylic acids is 3. The van der Waals surface area contributed by atoms with Gasteiger partial charge in [-0.2, -0.15) is 0 Å². The largest absolute Gasteiger partial charge is 0.462 e. The quantitative estimate of drug-likeness (QED) is 0.0261. The molecule has 0 spiro atoms. The lowest BCUT2D eigenvalue weighted by molar-refractivity contribution is -0.167.